The molecule has 0 spiro atoms. The monoisotopic (exact) mass is 583 g/mol. The quantitative estimate of drug-likeness (QED) is 0.204. The molecule has 1 N–H and O–H groups in total. The van der Waals surface area contributed by atoms with E-state index in [1.165, 1.54) is 0 Å². The van der Waals surface area contributed by atoms with Gasteiger partial charge in [0.05, 0.1) is 13.5 Å². The number of hydrogen-bond acceptors (Lipinski definition) is 4. The van der Waals surface area contributed by atoms with Gasteiger partial charge in [0.1, 0.15) is 5.60 Å². The van der Waals surface area contributed by atoms with E-state index in [0.717, 1.165) is 27.8 Å². The Morgan fingerprint density at radius 3 is 2.26 bits per heavy atom. The van der Waals surface area contributed by atoms with Gasteiger partial charge in [-0.3, -0.25) is 9.59 Å². The molecule has 42 heavy (non-hydrogen) atoms. The number of amides is 1. The first-order valence-electron chi connectivity index (χ1n) is 14.0. The molecular formula is C35H34ClNO5. The highest BCUT2D eigenvalue weighted by molar-refractivity contribution is 6.30. The molecule has 0 unspecified atom stereocenters. The number of carbonyl (C=O) groups excluding carboxylic acids is 1. The van der Waals surface area contributed by atoms with E-state index < -0.39 is 11.6 Å². The number of fused-ring (bicyclic) bond motifs is 1. The summed E-state index contributed by atoms with van der Waals surface area (Å²) < 4.78 is 12.1. The zero-order valence-electron chi connectivity index (χ0n) is 23.8. The van der Waals surface area contributed by atoms with Crippen LogP contribution in [0.4, 0.5) is 0 Å². The maximum Gasteiger partial charge on any atom is 0.305 e. The van der Waals surface area contributed by atoms with Crippen LogP contribution in [0.2, 0.25) is 5.02 Å². The Bertz CT molecular complexity index is 1550. The van der Waals surface area contributed by atoms with Gasteiger partial charge in [-0.25, -0.2) is 0 Å². The maximum absolute atomic E-state index is 13.8. The Morgan fingerprint density at radius 2 is 1.60 bits per heavy atom. The zero-order chi connectivity index (χ0) is 29.7. The summed E-state index contributed by atoms with van der Waals surface area (Å²) in [5.74, 6) is -0.0473. The molecule has 1 atom stereocenters. The Hall–Kier alpha value is -4.29. The molecule has 4 aromatic rings. The van der Waals surface area contributed by atoms with Crippen LogP contribution in [0.15, 0.2) is 91.0 Å². The van der Waals surface area contributed by atoms with Crippen molar-refractivity contribution in [3.63, 3.8) is 0 Å². The normalized spacial score (nSPS) is 15.5. The molecule has 0 aromatic heterocycles. The molecule has 216 valence electrons. The molecule has 0 aliphatic carbocycles. The molecule has 1 aliphatic rings. The van der Waals surface area contributed by atoms with Crippen LogP contribution in [0, 0.1) is 0 Å². The molecule has 0 saturated heterocycles. The number of carbonyl (C=O) groups is 2. The lowest BCUT2D eigenvalue weighted by Crippen LogP contribution is -2.35. The van der Waals surface area contributed by atoms with E-state index in [9.17, 15) is 14.7 Å². The fourth-order valence-corrected chi connectivity index (χ4v) is 5.61. The van der Waals surface area contributed by atoms with Crippen LogP contribution >= 0.6 is 11.6 Å². The second kappa shape index (κ2) is 12.7. The van der Waals surface area contributed by atoms with Crippen LogP contribution in [0.3, 0.4) is 0 Å². The van der Waals surface area contributed by atoms with E-state index in [4.69, 9.17) is 21.1 Å². The maximum atomic E-state index is 13.8. The van der Waals surface area contributed by atoms with Crippen molar-refractivity contribution >= 4 is 23.5 Å². The average Bonchev–Trinajstić information content (AvgIpc) is 3.34. The van der Waals surface area contributed by atoms with Crippen molar-refractivity contribution in [3.05, 3.63) is 118 Å². The number of carboxylic acid groups (broad SMARTS) is 1. The fourth-order valence-electron chi connectivity index (χ4n) is 5.49. The standard InChI is InChI=1S/C35H34ClNO5/c1-35(22-25-10-14-30(36)15-11-25)23-29-20-28(21-31(41-2)33(29)42-35)34(40)37(19-17-32(38)39)18-16-24-8-12-27(13-9-24)26-6-4-3-5-7-26/h3-15,20-21H,16-19,22-23H2,1-2H3,(H,38,39)/t35-/m1/s1. The summed E-state index contributed by atoms with van der Waals surface area (Å²) in [5, 5.41) is 10.0. The Morgan fingerprint density at radius 1 is 0.929 bits per heavy atom. The first-order valence-corrected chi connectivity index (χ1v) is 14.4. The van der Waals surface area contributed by atoms with Gasteiger partial charge in [0, 0.05) is 42.1 Å². The van der Waals surface area contributed by atoms with Crippen molar-refractivity contribution in [1.29, 1.82) is 0 Å². The number of halogens is 1. The second-order valence-corrected chi connectivity index (χ2v) is 11.4. The first-order chi connectivity index (χ1) is 20.2. The number of nitrogens with zero attached hydrogens (tertiary/aromatic N) is 1. The van der Waals surface area contributed by atoms with Gasteiger partial charge in [-0.1, -0.05) is 78.3 Å². The van der Waals surface area contributed by atoms with Crippen LogP contribution in [0.1, 0.15) is 40.4 Å². The van der Waals surface area contributed by atoms with Gasteiger partial charge in [-0.2, -0.15) is 0 Å². The number of ether oxygens (including phenoxy) is 2. The summed E-state index contributed by atoms with van der Waals surface area (Å²) in [5.41, 5.74) is 5.26. The molecular weight excluding hydrogens is 550 g/mol. The zero-order valence-corrected chi connectivity index (χ0v) is 24.6. The van der Waals surface area contributed by atoms with Gasteiger partial charge in [-0.05, 0) is 59.9 Å². The SMILES string of the molecule is COc1cc(C(=O)N(CCC(=O)O)CCc2ccc(-c3ccccc3)cc2)cc2c1O[C@](C)(Cc1ccc(Cl)cc1)C2. The number of carboxylic acids is 1. The molecule has 4 aromatic carbocycles. The number of methoxy groups -OCH3 is 1. The molecule has 1 heterocycles. The molecule has 1 amide bonds. The minimum atomic E-state index is -0.946. The van der Waals surface area contributed by atoms with Crippen molar-refractivity contribution < 1.29 is 24.2 Å². The van der Waals surface area contributed by atoms with Crippen molar-refractivity contribution in [2.75, 3.05) is 20.2 Å². The third-order valence-corrected chi connectivity index (χ3v) is 7.87. The lowest BCUT2D eigenvalue weighted by atomic mass is 9.91. The summed E-state index contributed by atoms with van der Waals surface area (Å²) in [6.45, 7) is 2.55. The minimum Gasteiger partial charge on any atom is -0.493 e. The van der Waals surface area contributed by atoms with E-state index >= 15 is 0 Å². The smallest absolute Gasteiger partial charge is 0.305 e. The number of rotatable bonds is 11. The van der Waals surface area contributed by atoms with Gasteiger partial charge < -0.3 is 19.5 Å². The molecule has 7 heteroatoms. The van der Waals surface area contributed by atoms with E-state index in [1.807, 2.05) is 55.5 Å². The third-order valence-electron chi connectivity index (χ3n) is 7.62. The number of aliphatic carboxylic acids is 1. The van der Waals surface area contributed by atoms with Crippen LogP contribution in [0.25, 0.3) is 11.1 Å². The minimum absolute atomic E-state index is 0.112. The first kappa shape index (κ1) is 29.2. The molecule has 5 rings (SSSR count). The van der Waals surface area contributed by atoms with E-state index in [1.54, 1.807) is 18.1 Å². The molecule has 6 nitrogen and oxygen atoms in total. The van der Waals surface area contributed by atoms with Crippen molar-refractivity contribution in [2.45, 2.75) is 38.2 Å². The summed E-state index contributed by atoms with van der Waals surface area (Å²) in [7, 11) is 1.56. The largest absolute Gasteiger partial charge is 0.493 e. The van der Waals surface area contributed by atoms with Gasteiger partial charge in [-0.15, -0.1) is 0 Å². The van der Waals surface area contributed by atoms with E-state index in [2.05, 4.69) is 36.4 Å². The van der Waals surface area contributed by atoms with E-state index in [-0.39, 0.29) is 18.9 Å². The predicted molar refractivity (Wildman–Crippen MR) is 165 cm³/mol. The van der Waals surface area contributed by atoms with Crippen LogP contribution in [-0.2, 0) is 24.1 Å². The summed E-state index contributed by atoms with van der Waals surface area (Å²) in [6, 6.07) is 29.6. The summed E-state index contributed by atoms with van der Waals surface area (Å²) in [4.78, 5) is 26.8. The highest BCUT2D eigenvalue weighted by Crippen LogP contribution is 2.44. The van der Waals surface area contributed by atoms with Gasteiger partial charge in [0.15, 0.2) is 11.5 Å². The highest BCUT2D eigenvalue weighted by atomic mass is 35.5. The number of benzene rings is 4. The lowest BCUT2D eigenvalue weighted by Gasteiger charge is -2.24. The lowest BCUT2D eigenvalue weighted by molar-refractivity contribution is -0.137. The van der Waals surface area contributed by atoms with Crippen molar-refractivity contribution in [1.82, 2.24) is 4.90 Å². The summed E-state index contributed by atoms with van der Waals surface area (Å²) >= 11 is 6.06. The molecule has 0 bridgehead atoms. The van der Waals surface area contributed by atoms with Crippen LogP contribution in [-0.4, -0.2) is 47.7 Å². The van der Waals surface area contributed by atoms with Crippen molar-refractivity contribution in [3.8, 4) is 22.6 Å². The van der Waals surface area contributed by atoms with Crippen LogP contribution < -0.4 is 9.47 Å². The molecule has 1 aliphatic heterocycles. The van der Waals surface area contributed by atoms with Gasteiger partial charge in [0.25, 0.3) is 5.91 Å². The molecule has 0 saturated carbocycles. The summed E-state index contributed by atoms with van der Waals surface area (Å²) in [6.07, 6.45) is 1.73. The Balaban J connectivity index is 1.33. The Kier molecular flexibility index (Phi) is 8.83. The van der Waals surface area contributed by atoms with Crippen LogP contribution in [0.5, 0.6) is 11.5 Å². The average molecular weight is 584 g/mol. The number of hydrogen-bond donors (Lipinski definition) is 1. The highest BCUT2D eigenvalue weighted by Gasteiger charge is 2.38. The Labute approximate surface area is 251 Å². The van der Waals surface area contributed by atoms with Crippen molar-refractivity contribution in [2.24, 2.45) is 0 Å². The van der Waals surface area contributed by atoms with E-state index in [0.29, 0.717) is 47.9 Å². The molecule has 0 fully saturated rings. The molecule has 0 radical (unpaired) electrons. The second-order valence-electron chi connectivity index (χ2n) is 10.9. The third kappa shape index (κ3) is 6.94. The predicted octanol–water partition coefficient (Wildman–Crippen LogP) is 7.11. The van der Waals surface area contributed by atoms with Gasteiger partial charge in [0.2, 0.25) is 0 Å². The topological polar surface area (TPSA) is 76.1 Å². The fraction of sp³-hybridized carbons (Fsp3) is 0.257. The van der Waals surface area contributed by atoms with Gasteiger partial charge >= 0.3 is 5.97 Å².